The summed E-state index contributed by atoms with van der Waals surface area (Å²) in [6.07, 6.45) is 2.06. The van der Waals surface area contributed by atoms with Crippen molar-refractivity contribution in [1.82, 2.24) is 10.2 Å². The second-order valence-corrected chi connectivity index (χ2v) is 6.85. The Hall–Kier alpha value is -2.04. The first-order chi connectivity index (χ1) is 11.4. The standard InChI is InChI=1S/C19H28N2O3/c1-12(2)17(19(23)21-11-7-8-13(21)3)20-18(22)15-9-6-10-16(24-5)14(15)4/h6,9-10,12-13,17H,7-8,11H2,1-5H3,(H,20,22)/t13?,17-/m0/s1. The van der Waals surface area contributed by atoms with Gasteiger partial charge in [-0.05, 0) is 44.7 Å². The molecule has 0 bridgehead atoms. The van der Waals surface area contributed by atoms with E-state index in [-0.39, 0.29) is 23.8 Å². The predicted molar refractivity (Wildman–Crippen MR) is 94.2 cm³/mol. The van der Waals surface area contributed by atoms with Gasteiger partial charge in [0.2, 0.25) is 5.91 Å². The maximum Gasteiger partial charge on any atom is 0.252 e. The van der Waals surface area contributed by atoms with Crippen molar-refractivity contribution in [2.75, 3.05) is 13.7 Å². The van der Waals surface area contributed by atoms with Crippen molar-refractivity contribution in [3.63, 3.8) is 0 Å². The molecule has 24 heavy (non-hydrogen) atoms. The molecular weight excluding hydrogens is 304 g/mol. The third-order valence-electron chi connectivity index (χ3n) is 4.80. The van der Waals surface area contributed by atoms with Crippen LogP contribution in [0.25, 0.3) is 0 Å². The molecule has 1 saturated heterocycles. The van der Waals surface area contributed by atoms with Gasteiger partial charge in [-0.2, -0.15) is 0 Å². The topological polar surface area (TPSA) is 58.6 Å². The number of hydrogen-bond donors (Lipinski definition) is 1. The monoisotopic (exact) mass is 332 g/mol. The van der Waals surface area contributed by atoms with E-state index in [1.807, 2.05) is 31.7 Å². The Morgan fingerprint density at radius 1 is 1.33 bits per heavy atom. The van der Waals surface area contributed by atoms with E-state index in [1.54, 1.807) is 19.2 Å². The lowest BCUT2D eigenvalue weighted by Gasteiger charge is -2.29. The van der Waals surface area contributed by atoms with Crippen LogP contribution in [0, 0.1) is 12.8 Å². The van der Waals surface area contributed by atoms with E-state index < -0.39 is 6.04 Å². The summed E-state index contributed by atoms with van der Waals surface area (Å²) in [6, 6.07) is 5.10. The first-order valence-corrected chi connectivity index (χ1v) is 8.61. The zero-order valence-corrected chi connectivity index (χ0v) is 15.3. The second-order valence-electron chi connectivity index (χ2n) is 6.85. The van der Waals surface area contributed by atoms with Gasteiger partial charge in [-0.25, -0.2) is 0 Å². The molecule has 1 aromatic carbocycles. The average Bonchev–Trinajstić information content (AvgIpc) is 2.97. The summed E-state index contributed by atoms with van der Waals surface area (Å²) >= 11 is 0. The van der Waals surface area contributed by atoms with Gasteiger partial charge in [-0.1, -0.05) is 19.9 Å². The Labute approximate surface area is 144 Å². The molecule has 0 radical (unpaired) electrons. The van der Waals surface area contributed by atoms with Crippen LogP contribution in [0.1, 0.15) is 49.5 Å². The summed E-state index contributed by atoms with van der Waals surface area (Å²) in [5.41, 5.74) is 1.32. The van der Waals surface area contributed by atoms with Crippen molar-refractivity contribution < 1.29 is 14.3 Å². The number of amides is 2. The number of rotatable bonds is 5. The van der Waals surface area contributed by atoms with E-state index in [1.165, 1.54) is 0 Å². The van der Waals surface area contributed by atoms with Crippen LogP contribution in [0.2, 0.25) is 0 Å². The van der Waals surface area contributed by atoms with E-state index in [9.17, 15) is 9.59 Å². The highest BCUT2D eigenvalue weighted by Gasteiger charge is 2.33. The SMILES string of the molecule is COc1cccc(C(=O)N[C@H](C(=O)N2CCCC2C)C(C)C)c1C. The molecule has 2 amide bonds. The zero-order valence-electron chi connectivity index (χ0n) is 15.3. The molecule has 1 fully saturated rings. The molecule has 0 spiro atoms. The molecule has 1 N–H and O–H groups in total. The molecule has 132 valence electrons. The van der Waals surface area contributed by atoms with E-state index in [0.29, 0.717) is 11.3 Å². The summed E-state index contributed by atoms with van der Waals surface area (Å²) in [6.45, 7) is 8.61. The van der Waals surface area contributed by atoms with Gasteiger partial charge in [0.15, 0.2) is 0 Å². The molecule has 1 aliphatic heterocycles. The van der Waals surface area contributed by atoms with Gasteiger partial charge in [-0.15, -0.1) is 0 Å². The van der Waals surface area contributed by atoms with Crippen LogP contribution in [0.3, 0.4) is 0 Å². The minimum Gasteiger partial charge on any atom is -0.496 e. The maximum atomic E-state index is 12.9. The number of ether oxygens (including phenoxy) is 1. The van der Waals surface area contributed by atoms with Crippen LogP contribution < -0.4 is 10.1 Å². The fraction of sp³-hybridized carbons (Fsp3) is 0.579. The molecule has 0 aromatic heterocycles. The zero-order chi connectivity index (χ0) is 17.9. The van der Waals surface area contributed by atoms with Gasteiger partial charge in [0.25, 0.3) is 5.91 Å². The molecule has 0 saturated carbocycles. The van der Waals surface area contributed by atoms with E-state index in [0.717, 1.165) is 24.9 Å². The number of benzene rings is 1. The summed E-state index contributed by atoms with van der Waals surface area (Å²) in [4.78, 5) is 27.5. The molecule has 5 heteroatoms. The average molecular weight is 332 g/mol. The summed E-state index contributed by atoms with van der Waals surface area (Å²) in [5, 5.41) is 2.94. The minimum absolute atomic E-state index is 0.0175. The van der Waals surface area contributed by atoms with Crippen LogP contribution >= 0.6 is 0 Å². The smallest absolute Gasteiger partial charge is 0.252 e. The highest BCUT2D eigenvalue weighted by Crippen LogP contribution is 2.22. The third-order valence-corrected chi connectivity index (χ3v) is 4.80. The molecule has 0 aliphatic carbocycles. The molecule has 2 atom stereocenters. The Bertz CT molecular complexity index is 613. The van der Waals surface area contributed by atoms with Gasteiger partial charge in [0, 0.05) is 23.7 Å². The maximum absolute atomic E-state index is 12.9. The lowest BCUT2D eigenvalue weighted by Crippen LogP contribution is -2.52. The van der Waals surface area contributed by atoms with Crippen LogP contribution in [-0.2, 0) is 4.79 Å². The number of carbonyl (C=O) groups excluding carboxylic acids is 2. The Balaban J connectivity index is 2.19. The lowest BCUT2D eigenvalue weighted by atomic mass is 10.0. The van der Waals surface area contributed by atoms with Crippen LogP contribution in [0.4, 0.5) is 0 Å². The second kappa shape index (κ2) is 7.69. The first kappa shape index (κ1) is 18.3. The number of hydrogen-bond acceptors (Lipinski definition) is 3. The highest BCUT2D eigenvalue weighted by molar-refractivity contribution is 5.99. The number of nitrogens with one attached hydrogen (secondary N) is 1. The molecule has 1 unspecified atom stereocenters. The molecular formula is C19H28N2O3. The summed E-state index contributed by atoms with van der Waals surface area (Å²) in [5.74, 6) is 0.484. The van der Waals surface area contributed by atoms with Crippen molar-refractivity contribution >= 4 is 11.8 Å². The third kappa shape index (κ3) is 3.71. The molecule has 1 aliphatic rings. The van der Waals surface area contributed by atoms with Gasteiger partial charge >= 0.3 is 0 Å². The largest absolute Gasteiger partial charge is 0.496 e. The number of nitrogens with zero attached hydrogens (tertiary/aromatic N) is 1. The molecule has 5 nitrogen and oxygen atoms in total. The number of likely N-dealkylation sites (tertiary alicyclic amines) is 1. The number of carbonyl (C=O) groups is 2. The van der Waals surface area contributed by atoms with E-state index in [4.69, 9.17) is 4.74 Å². The quantitative estimate of drug-likeness (QED) is 0.902. The lowest BCUT2D eigenvalue weighted by molar-refractivity contribution is -0.134. The molecule has 2 rings (SSSR count). The van der Waals surface area contributed by atoms with Crippen LogP contribution in [0.15, 0.2) is 18.2 Å². The minimum atomic E-state index is -0.511. The van der Waals surface area contributed by atoms with Gasteiger partial charge in [0.05, 0.1) is 7.11 Å². The van der Waals surface area contributed by atoms with Gasteiger partial charge < -0.3 is 15.0 Å². The van der Waals surface area contributed by atoms with Crippen molar-refractivity contribution in [3.05, 3.63) is 29.3 Å². The normalized spacial score (nSPS) is 18.6. The Morgan fingerprint density at radius 2 is 2.04 bits per heavy atom. The summed E-state index contributed by atoms with van der Waals surface area (Å²) in [7, 11) is 1.58. The molecule has 1 heterocycles. The van der Waals surface area contributed by atoms with Crippen molar-refractivity contribution in [2.45, 2.75) is 52.6 Å². The highest BCUT2D eigenvalue weighted by atomic mass is 16.5. The first-order valence-electron chi connectivity index (χ1n) is 8.61. The Morgan fingerprint density at radius 3 is 2.58 bits per heavy atom. The fourth-order valence-electron chi connectivity index (χ4n) is 3.25. The predicted octanol–water partition coefficient (Wildman–Crippen LogP) is 2.77. The number of methoxy groups -OCH3 is 1. The van der Waals surface area contributed by atoms with Crippen molar-refractivity contribution in [1.29, 1.82) is 0 Å². The van der Waals surface area contributed by atoms with E-state index in [2.05, 4.69) is 12.2 Å². The Kier molecular flexibility index (Phi) is 5.86. The van der Waals surface area contributed by atoms with Gasteiger partial charge in [0.1, 0.15) is 11.8 Å². The van der Waals surface area contributed by atoms with Gasteiger partial charge in [-0.3, -0.25) is 9.59 Å². The van der Waals surface area contributed by atoms with Crippen molar-refractivity contribution in [2.24, 2.45) is 5.92 Å². The fourth-order valence-corrected chi connectivity index (χ4v) is 3.25. The van der Waals surface area contributed by atoms with Crippen LogP contribution in [0.5, 0.6) is 5.75 Å². The van der Waals surface area contributed by atoms with Crippen molar-refractivity contribution in [3.8, 4) is 5.75 Å². The van der Waals surface area contributed by atoms with E-state index >= 15 is 0 Å². The summed E-state index contributed by atoms with van der Waals surface area (Å²) < 4.78 is 5.28. The van der Waals surface area contributed by atoms with Crippen LogP contribution in [-0.4, -0.2) is 42.5 Å². The molecule has 1 aromatic rings.